The molecule has 2 atom stereocenters. The van der Waals surface area contributed by atoms with E-state index in [-0.39, 0.29) is 0 Å². The molecule has 0 aliphatic carbocycles. The molecule has 0 amide bonds. The van der Waals surface area contributed by atoms with E-state index in [0.29, 0.717) is 0 Å². The maximum absolute atomic E-state index is 3.45. The van der Waals surface area contributed by atoms with Gasteiger partial charge in [0.25, 0.3) is 0 Å². The molecule has 2 nitrogen and oxygen atoms in total. The lowest BCUT2D eigenvalue weighted by molar-refractivity contribution is 0.231. The van der Waals surface area contributed by atoms with Gasteiger partial charge in [0.05, 0.1) is 5.37 Å². The van der Waals surface area contributed by atoms with Crippen molar-refractivity contribution in [3.8, 4) is 0 Å². The second-order valence-electron chi connectivity index (χ2n) is 4.08. The minimum atomic E-state index is 0.820. The van der Waals surface area contributed by atoms with Gasteiger partial charge in [-0.25, -0.2) is 0 Å². The third-order valence-corrected chi connectivity index (χ3v) is 4.64. The van der Waals surface area contributed by atoms with Crippen LogP contribution < -0.4 is 5.32 Å². The van der Waals surface area contributed by atoms with Gasteiger partial charge in [-0.3, -0.25) is 0 Å². The maximum atomic E-state index is 3.45. The normalized spacial score (nSPS) is 38.2. The highest BCUT2D eigenvalue weighted by molar-refractivity contribution is 8.00. The van der Waals surface area contributed by atoms with E-state index in [2.05, 4.69) is 28.1 Å². The number of thioether (sulfide) groups is 1. The predicted octanol–water partition coefficient (Wildman–Crippen LogP) is 1.26. The van der Waals surface area contributed by atoms with Crippen LogP contribution in [0.3, 0.4) is 0 Å². The van der Waals surface area contributed by atoms with Gasteiger partial charge in [-0.2, -0.15) is 0 Å². The Morgan fingerprint density at radius 1 is 1.46 bits per heavy atom. The zero-order valence-electron chi connectivity index (χ0n) is 7.83. The Morgan fingerprint density at radius 2 is 2.46 bits per heavy atom. The highest BCUT2D eigenvalue weighted by atomic mass is 32.2. The number of rotatable bonds is 0. The largest absolute Gasteiger partial charge is 0.362 e. The summed E-state index contributed by atoms with van der Waals surface area (Å²) in [5, 5.41) is 4.27. The van der Waals surface area contributed by atoms with Crippen LogP contribution in [-0.2, 0) is 0 Å². The van der Waals surface area contributed by atoms with Crippen LogP contribution in [0.25, 0.3) is 0 Å². The number of hydrogen-bond donors (Lipinski definition) is 1. The van der Waals surface area contributed by atoms with E-state index in [0.717, 1.165) is 17.8 Å². The average Bonchev–Trinajstić information content (AvgIpc) is 2.65. The SMILES string of the molecule is C1=C2C(CCC3SCCN23)CNC1. The van der Waals surface area contributed by atoms with Gasteiger partial charge in [-0.05, 0) is 12.8 Å². The quantitative estimate of drug-likeness (QED) is 0.628. The molecule has 0 bridgehead atoms. The van der Waals surface area contributed by atoms with E-state index in [1.165, 1.54) is 31.7 Å². The first-order chi connectivity index (χ1) is 6.45. The van der Waals surface area contributed by atoms with Gasteiger partial charge in [-0.1, -0.05) is 6.08 Å². The second-order valence-corrected chi connectivity index (χ2v) is 5.37. The van der Waals surface area contributed by atoms with Crippen molar-refractivity contribution < 1.29 is 0 Å². The van der Waals surface area contributed by atoms with Crippen molar-refractivity contribution in [2.45, 2.75) is 18.2 Å². The van der Waals surface area contributed by atoms with Crippen LogP contribution in [0.2, 0.25) is 0 Å². The van der Waals surface area contributed by atoms with E-state index in [9.17, 15) is 0 Å². The second kappa shape index (κ2) is 3.21. The highest BCUT2D eigenvalue weighted by Crippen LogP contribution is 2.40. The molecule has 3 rings (SSSR count). The van der Waals surface area contributed by atoms with E-state index in [1.54, 1.807) is 5.70 Å². The molecule has 2 saturated heterocycles. The molecule has 3 heterocycles. The fourth-order valence-electron chi connectivity index (χ4n) is 2.71. The van der Waals surface area contributed by atoms with Gasteiger partial charge in [-0.15, -0.1) is 11.8 Å². The molecule has 3 aliphatic heterocycles. The minimum absolute atomic E-state index is 0.820. The van der Waals surface area contributed by atoms with Gasteiger partial charge < -0.3 is 10.2 Å². The van der Waals surface area contributed by atoms with Crippen molar-refractivity contribution >= 4 is 11.8 Å². The molecular weight excluding hydrogens is 180 g/mol. The number of piperidine rings is 1. The molecule has 0 aromatic carbocycles. The van der Waals surface area contributed by atoms with E-state index in [1.807, 2.05) is 0 Å². The summed E-state index contributed by atoms with van der Waals surface area (Å²) >= 11 is 2.15. The molecule has 0 aromatic rings. The summed E-state index contributed by atoms with van der Waals surface area (Å²) in [6, 6.07) is 0. The molecule has 0 spiro atoms. The molecule has 13 heavy (non-hydrogen) atoms. The summed E-state index contributed by atoms with van der Waals surface area (Å²) in [4.78, 5) is 2.65. The van der Waals surface area contributed by atoms with Crippen LogP contribution in [0.1, 0.15) is 12.8 Å². The van der Waals surface area contributed by atoms with Crippen molar-refractivity contribution in [2.24, 2.45) is 5.92 Å². The molecule has 0 aromatic heterocycles. The van der Waals surface area contributed by atoms with Gasteiger partial charge in [0, 0.05) is 37.0 Å². The van der Waals surface area contributed by atoms with Crippen LogP contribution in [0.15, 0.2) is 11.8 Å². The Hall–Kier alpha value is -0.150. The molecule has 0 saturated carbocycles. The summed E-state index contributed by atoms with van der Waals surface area (Å²) in [6.07, 6.45) is 5.20. The van der Waals surface area contributed by atoms with Crippen molar-refractivity contribution in [1.82, 2.24) is 10.2 Å². The van der Waals surface area contributed by atoms with Gasteiger partial charge >= 0.3 is 0 Å². The molecule has 2 fully saturated rings. The van der Waals surface area contributed by atoms with Crippen molar-refractivity contribution in [3.63, 3.8) is 0 Å². The molecule has 3 heteroatoms. The lowest BCUT2D eigenvalue weighted by Gasteiger charge is -2.40. The number of fused-ring (bicyclic) bond motifs is 3. The first-order valence-electron chi connectivity index (χ1n) is 5.24. The Bertz CT molecular complexity index is 239. The third kappa shape index (κ3) is 1.29. The van der Waals surface area contributed by atoms with Crippen molar-refractivity contribution in [1.29, 1.82) is 0 Å². The molecule has 72 valence electrons. The molecule has 0 radical (unpaired) electrons. The highest BCUT2D eigenvalue weighted by Gasteiger charge is 2.35. The Labute approximate surface area is 83.7 Å². The topological polar surface area (TPSA) is 15.3 Å². The smallest absolute Gasteiger partial charge is 0.0749 e. The Balaban J connectivity index is 1.87. The standard InChI is InChI=1S/C10H16N2S/c1-2-10-12(5-6-13-10)9-3-4-11-7-8(1)9/h3,8,10-11H,1-2,4-7H2. The maximum Gasteiger partial charge on any atom is 0.0749 e. The molecular formula is C10H16N2S. The Kier molecular flexibility index (Phi) is 2.02. The number of nitrogens with zero attached hydrogens (tertiary/aromatic N) is 1. The van der Waals surface area contributed by atoms with Gasteiger partial charge in [0.1, 0.15) is 0 Å². The van der Waals surface area contributed by atoms with E-state index in [4.69, 9.17) is 0 Å². The van der Waals surface area contributed by atoms with Crippen LogP contribution in [0.5, 0.6) is 0 Å². The first-order valence-corrected chi connectivity index (χ1v) is 6.29. The zero-order chi connectivity index (χ0) is 8.67. The first kappa shape index (κ1) is 8.18. The van der Waals surface area contributed by atoms with Crippen LogP contribution in [0, 0.1) is 5.92 Å². The van der Waals surface area contributed by atoms with Crippen LogP contribution in [0.4, 0.5) is 0 Å². The fourth-order valence-corrected chi connectivity index (χ4v) is 3.99. The number of nitrogens with one attached hydrogen (secondary N) is 1. The van der Waals surface area contributed by atoms with Gasteiger partial charge in [0.15, 0.2) is 0 Å². The van der Waals surface area contributed by atoms with Gasteiger partial charge in [0.2, 0.25) is 0 Å². The summed E-state index contributed by atoms with van der Waals surface area (Å²) < 4.78 is 0. The Morgan fingerprint density at radius 3 is 3.46 bits per heavy atom. The van der Waals surface area contributed by atoms with E-state index < -0.39 is 0 Å². The monoisotopic (exact) mass is 196 g/mol. The zero-order valence-corrected chi connectivity index (χ0v) is 8.65. The van der Waals surface area contributed by atoms with Crippen LogP contribution in [-0.4, -0.2) is 35.7 Å². The molecule has 1 N–H and O–H groups in total. The van der Waals surface area contributed by atoms with E-state index >= 15 is 0 Å². The summed E-state index contributed by atoms with van der Waals surface area (Å²) in [7, 11) is 0. The third-order valence-electron chi connectivity index (χ3n) is 3.35. The lowest BCUT2D eigenvalue weighted by Crippen LogP contribution is -2.43. The summed E-state index contributed by atoms with van der Waals surface area (Å²) in [6.45, 7) is 3.58. The van der Waals surface area contributed by atoms with Crippen LogP contribution >= 0.6 is 11.8 Å². The summed E-state index contributed by atoms with van der Waals surface area (Å²) in [5.74, 6) is 2.16. The lowest BCUT2D eigenvalue weighted by atomic mass is 9.91. The minimum Gasteiger partial charge on any atom is -0.362 e. The predicted molar refractivity (Wildman–Crippen MR) is 56.6 cm³/mol. The average molecular weight is 196 g/mol. The number of hydrogen-bond acceptors (Lipinski definition) is 3. The molecule has 3 aliphatic rings. The van der Waals surface area contributed by atoms with Crippen molar-refractivity contribution in [3.05, 3.63) is 11.8 Å². The van der Waals surface area contributed by atoms with Crippen molar-refractivity contribution in [2.75, 3.05) is 25.4 Å². The molecule has 2 unspecified atom stereocenters. The fraction of sp³-hybridized carbons (Fsp3) is 0.800. The summed E-state index contributed by atoms with van der Waals surface area (Å²) in [5.41, 5.74) is 1.65.